The van der Waals surface area contributed by atoms with Crippen LogP contribution in [0.3, 0.4) is 0 Å². The SMILES string of the molecule is Cc1cc(O)c(C(C)C)cc1CC1(c2cc(C(C)C)c(O)cc2C)OC(=O)c2ccccc21. The first-order valence-electron chi connectivity index (χ1n) is 11.5. The number of rotatable bonds is 5. The van der Waals surface area contributed by atoms with Crippen LogP contribution in [0, 0.1) is 13.8 Å². The van der Waals surface area contributed by atoms with Gasteiger partial charge in [0, 0.05) is 17.5 Å². The average molecular weight is 445 g/mol. The van der Waals surface area contributed by atoms with Gasteiger partial charge in [0.15, 0.2) is 5.60 Å². The summed E-state index contributed by atoms with van der Waals surface area (Å²) >= 11 is 0. The smallest absolute Gasteiger partial charge is 0.339 e. The van der Waals surface area contributed by atoms with E-state index in [1.807, 2.05) is 77.9 Å². The van der Waals surface area contributed by atoms with E-state index in [1.54, 1.807) is 12.1 Å². The first-order chi connectivity index (χ1) is 15.5. The van der Waals surface area contributed by atoms with Crippen molar-refractivity contribution in [1.82, 2.24) is 0 Å². The van der Waals surface area contributed by atoms with Crippen LogP contribution < -0.4 is 0 Å². The third-order valence-corrected chi connectivity index (χ3v) is 6.83. The van der Waals surface area contributed by atoms with E-state index in [0.717, 1.165) is 38.9 Å². The Kier molecular flexibility index (Phi) is 5.73. The molecule has 0 bridgehead atoms. The Labute approximate surface area is 195 Å². The largest absolute Gasteiger partial charge is 0.508 e. The second-order valence-corrected chi connectivity index (χ2v) is 9.81. The number of carbonyl (C=O) groups excluding carboxylic acids is 1. The highest BCUT2D eigenvalue weighted by Crippen LogP contribution is 2.48. The molecular formula is C29H32O4. The topological polar surface area (TPSA) is 66.8 Å². The van der Waals surface area contributed by atoms with Crippen LogP contribution in [0.25, 0.3) is 0 Å². The van der Waals surface area contributed by atoms with Gasteiger partial charge in [-0.25, -0.2) is 4.79 Å². The maximum atomic E-state index is 13.0. The quantitative estimate of drug-likeness (QED) is 0.434. The molecule has 0 amide bonds. The van der Waals surface area contributed by atoms with E-state index in [4.69, 9.17) is 4.74 Å². The van der Waals surface area contributed by atoms with Gasteiger partial charge < -0.3 is 14.9 Å². The van der Waals surface area contributed by atoms with E-state index < -0.39 is 5.60 Å². The summed E-state index contributed by atoms with van der Waals surface area (Å²) in [6.07, 6.45) is 0.435. The van der Waals surface area contributed by atoms with Crippen molar-refractivity contribution in [1.29, 1.82) is 0 Å². The van der Waals surface area contributed by atoms with Gasteiger partial charge in [-0.05, 0) is 77.8 Å². The lowest BCUT2D eigenvalue weighted by Gasteiger charge is -2.33. The van der Waals surface area contributed by atoms with Crippen molar-refractivity contribution in [3.8, 4) is 11.5 Å². The van der Waals surface area contributed by atoms with Crippen molar-refractivity contribution < 1.29 is 19.7 Å². The maximum absolute atomic E-state index is 13.0. The number of hydrogen-bond acceptors (Lipinski definition) is 4. The summed E-state index contributed by atoms with van der Waals surface area (Å²) in [5.41, 5.74) is 5.76. The fraction of sp³-hybridized carbons (Fsp3) is 0.345. The molecule has 0 saturated carbocycles. The Bertz CT molecular complexity index is 1240. The van der Waals surface area contributed by atoms with Crippen molar-refractivity contribution in [3.05, 3.63) is 93.0 Å². The zero-order chi connectivity index (χ0) is 24.1. The van der Waals surface area contributed by atoms with Gasteiger partial charge in [-0.3, -0.25) is 0 Å². The van der Waals surface area contributed by atoms with Crippen LogP contribution in [0.4, 0.5) is 0 Å². The summed E-state index contributed by atoms with van der Waals surface area (Å²) in [4.78, 5) is 13.0. The minimum atomic E-state index is -1.02. The molecule has 3 aromatic rings. The predicted molar refractivity (Wildman–Crippen MR) is 130 cm³/mol. The molecule has 1 heterocycles. The number of esters is 1. The molecule has 2 N–H and O–H groups in total. The Balaban J connectivity index is 2.00. The molecule has 1 unspecified atom stereocenters. The molecule has 0 radical (unpaired) electrons. The third-order valence-electron chi connectivity index (χ3n) is 6.83. The molecule has 4 nitrogen and oxygen atoms in total. The minimum absolute atomic E-state index is 0.108. The molecule has 1 atom stereocenters. The first-order valence-corrected chi connectivity index (χ1v) is 11.5. The second kappa shape index (κ2) is 8.26. The van der Waals surface area contributed by atoms with E-state index in [9.17, 15) is 15.0 Å². The molecule has 0 spiro atoms. The fourth-order valence-corrected chi connectivity index (χ4v) is 4.99. The van der Waals surface area contributed by atoms with E-state index in [2.05, 4.69) is 0 Å². The van der Waals surface area contributed by atoms with Crippen molar-refractivity contribution in [3.63, 3.8) is 0 Å². The molecule has 4 rings (SSSR count). The summed E-state index contributed by atoms with van der Waals surface area (Å²) in [5.74, 6) is 0.456. The monoisotopic (exact) mass is 444 g/mol. The Morgan fingerprint density at radius 2 is 1.39 bits per heavy atom. The summed E-state index contributed by atoms with van der Waals surface area (Å²) in [6, 6.07) is 15.1. The van der Waals surface area contributed by atoms with Crippen LogP contribution in [0.2, 0.25) is 0 Å². The van der Waals surface area contributed by atoms with Crippen LogP contribution in [0.5, 0.6) is 11.5 Å². The van der Waals surface area contributed by atoms with Crippen molar-refractivity contribution in [2.45, 2.75) is 65.4 Å². The first kappa shape index (κ1) is 22.9. The van der Waals surface area contributed by atoms with Gasteiger partial charge in [-0.15, -0.1) is 0 Å². The molecule has 4 heteroatoms. The van der Waals surface area contributed by atoms with Crippen LogP contribution >= 0.6 is 0 Å². The van der Waals surface area contributed by atoms with Gasteiger partial charge in [0.25, 0.3) is 0 Å². The average Bonchev–Trinajstić information content (AvgIpc) is 3.02. The van der Waals surface area contributed by atoms with Crippen molar-refractivity contribution in [2.75, 3.05) is 0 Å². The number of hydrogen-bond donors (Lipinski definition) is 2. The lowest BCUT2D eigenvalue weighted by molar-refractivity contribution is 0.0105. The van der Waals surface area contributed by atoms with Crippen molar-refractivity contribution >= 4 is 5.97 Å². The number of benzene rings is 3. The molecule has 1 aliphatic heterocycles. The lowest BCUT2D eigenvalue weighted by atomic mass is 9.76. The number of ether oxygens (including phenoxy) is 1. The van der Waals surface area contributed by atoms with Gasteiger partial charge >= 0.3 is 5.97 Å². The van der Waals surface area contributed by atoms with Gasteiger partial charge in [0.05, 0.1) is 5.56 Å². The Morgan fingerprint density at radius 1 is 0.818 bits per heavy atom. The molecule has 0 aliphatic carbocycles. The number of aromatic hydroxyl groups is 2. The molecule has 0 fully saturated rings. The Hall–Kier alpha value is -3.27. The van der Waals surface area contributed by atoms with Gasteiger partial charge in [-0.1, -0.05) is 52.0 Å². The number of phenols is 2. The number of fused-ring (bicyclic) bond motifs is 1. The van der Waals surface area contributed by atoms with Gasteiger partial charge in [-0.2, -0.15) is 0 Å². The van der Waals surface area contributed by atoms with E-state index >= 15 is 0 Å². The zero-order valence-corrected chi connectivity index (χ0v) is 20.2. The normalized spacial score (nSPS) is 17.5. The number of aryl methyl sites for hydroxylation is 2. The minimum Gasteiger partial charge on any atom is -0.508 e. The van der Waals surface area contributed by atoms with E-state index in [1.165, 1.54) is 0 Å². The molecule has 3 aromatic carbocycles. The summed E-state index contributed by atoms with van der Waals surface area (Å²) in [7, 11) is 0. The summed E-state index contributed by atoms with van der Waals surface area (Å²) in [6.45, 7) is 12.1. The van der Waals surface area contributed by atoms with E-state index in [0.29, 0.717) is 12.0 Å². The molecule has 172 valence electrons. The highest BCUT2D eigenvalue weighted by molar-refractivity contribution is 5.95. The highest BCUT2D eigenvalue weighted by atomic mass is 16.6. The second-order valence-electron chi connectivity index (χ2n) is 9.81. The molecular weight excluding hydrogens is 412 g/mol. The number of carbonyl (C=O) groups is 1. The lowest BCUT2D eigenvalue weighted by Crippen LogP contribution is -2.32. The molecule has 1 aliphatic rings. The van der Waals surface area contributed by atoms with Gasteiger partial charge in [0.2, 0.25) is 0 Å². The fourth-order valence-electron chi connectivity index (χ4n) is 4.99. The highest BCUT2D eigenvalue weighted by Gasteiger charge is 2.48. The van der Waals surface area contributed by atoms with Crippen LogP contribution in [0.1, 0.15) is 88.8 Å². The molecule has 0 aromatic heterocycles. The molecule has 0 saturated heterocycles. The third kappa shape index (κ3) is 3.78. The van der Waals surface area contributed by atoms with Gasteiger partial charge in [0.1, 0.15) is 11.5 Å². The van der Waals surface area contributed by atoms with E-state index in [-0.39, 0.29) is 29.3 Å². The maximum Gasteiger partial charge on any atom is 0.339 e. The molecule has 33 heavy (non-hydrogen) atoms. The predicted octanol–water partition coefficient (Wildman–Crippen LogP) is 6.62. The van der Waals surface area contributed by atoms with Crippen LogP contribution in [-0.4, -0.2) is 16.2 Å². The summed E-state index contributed by atoms with van der Waals surface area (Å²) < 4.78 is 6.27. The Morgan fingerprint density at radius 3 is 2.03 bits per heavy atom. The number of cyclic esters (lactones) is 1. The zero-order valence-electron chi connectivity index (χ0n) is 20.2. The van der Waals surface area contributed by atoms with Crippen LogP contribution in [0.15, 0.2) is 48.5 Å². The standard InChI is InChI=1S/C29H32O4/c1-16(2)22-13-20(18(5)11-26(22)30)15-29(24-10-8-7-9-21(24)28(32)33-29)25-14-23(17(3)4)27(31)12-19(25)6/h7-14,16-17,30-31H,15H2,1-6H3. The number of phenolic OH excluding ortho intramolecular Hbond substituents is 2. The van der Waals surface area contributed by atoms with Crippen LogP contribution in [-0.2, 0) is 16.8 Å². The summed E-state index contributed by atoms with van der Waals surface area (Å²) in [5, 5.41) is 21.1. The van der Waals surface area contributed by atoms with Crippen molar-refractivity contribution in [2.24, 2.45) is 0 Å².